The smallest absolute Gasteiger partial charge is 0.124 e. The van der Waals surface area contributed by atoms with Crippen LogP contribution in [0.5, 0.6) is 0 Å². The molecular formula is C50H32N2S2. The van der Waals surface area contributed by atoms with Crippen molar-refractivity contribution in [1.82, 2.24) is 4.98 Å². The molecule has 54 heavy (non-hydrogen) atoms. The van der Waals surface area contributed by atoms with E-state index in [0.717, 1.165) is 32.2 Å². The van der Waals surface area contributed by atoms with E-state index in [2.05, 4.69) is 199 Å². The largest absolute Gasteiger partial charge is 0.309 e. The Kier molecular flexibility index (Phi) is 7.16. The van der Waals surface area contributed by atoms with Crippen molar-refractivity contribution in [3.8, 4) is 21.7 Å². The zero-order valence-electron chi connectivity index (χ0n) is 29.2. The highest BCUT2D eigenvalue weighted by atomic mass is 32.1. The molecule has 0 saturated carbocycles. The molecule has 2 aromatic heterocycles. The van der Waals surface area contributed by atoms with Crippen LogP contribution in [0, 0.1) is 0 Å². The number of rotatable bonds is 6. The summed E-state index contributed by atoms with van der Waals surface area (Å²) in [5.74, 6) is 0. The molecule has 0 unspecified atom stereocenters. The topological polar surface area (TPSA) is 16.1 Å². The molecule has 10 aromatic rings. The van der Waals surface area contributed by atoms with Gasteiger partial charge in [-0.1, -0.05) is 152 Å². The Hall–Kier alpha value is -6.33. The molecule has 0 bridgehead atoms. The molecule has 0 spiro atoms. The van der Waals surface area contributed by atoms with Crippen molar-refractivity contribution in [2.75, 3.05) is 4.90 Å². The lowest BCUT2D eigenvalue weighted by Gasteiger charge is -2.35. The molecule has 0 fully saturated rings. The van der Waals surface area contributed by atoms with E-state index in [1.807, 2.05) is 11.3 Å². The number of benzene rings is 8. The third-order valence-electron chi connectivity index (χ3n) is 11.0. The number of fused-ring (bicyclic) bond motifs is 7. The predicted molar refractivity (Wildman–Crippen MR) is 230 cm³/mol. The molecule has 2 heterocycles. The van der Waals surface area contributed by atoms with Gasteiger partial charge in [0.15, 0.2) is 0 Å². The molecular weight excluding hydrogens is 693 g/mol. The van der Waals surface area contributed by atoms with E-state index >= 15 is 0 Å². The van der Waals surface area contributed by atoms with Gasteiger partial charge in [-0.3, -0.25) is 0 Å². The lowest BCUT2D eigenvalue weighted by Crippen LogP contribution is -2.28. The van der Waals surface area contributed by atoms with Crippen molar-refractivity contribution in [1.29, 1.82) is 0 Å². The number of hydrogen-bond acceptors (Lipinski definition) is 4. The quantitative estimate of drug-likeness (QED) is 0.170. The molecule has 4 heteroatoms. The van der Waals surface area contributed by atoms with E-state index < -0.39 is 5.41 Å². The molecule has 8 aromatic carbocycles. The summed E-state index contributed by atoms with van der Waals surface area (Å²) in [6, 6.07) is 71.0. The van der Waals surface area contributed by atoms with Gasteiger partial charge in [-0.15, -0.1) is 22.7 Å². The van der Waals surface area contributed by atoms with E-state index in [0.29, 0.717) is 0 Å². The minimum absolute atomic E-state index is 0.494. The van der Waals surface area contributed by atoms with Crippen LogP contribution in [0.25, 0.3) is 52.1 Å². The van der Waals surface area contributed by atoms with E-state index in [1.165, 1.54) is 59.2 Å². The van der Waals surface area contributed by atoms with Crippen LogP contribution in [-0.4, -0.2) is 4.98 Å². The third kappa shape index (κ3) is 4.67. The van der Waals surface area contributed by atoms with Crippen LogP contribution in [0.3, 0.4) is 0 Å². The van der Waals surface area contributed by atoms with Crippen LogP contribution in [-0.2, 0) is 5.41 Å². The number of anilines is 3. The van der Waals surface area contributed by atoms with Crippen molar-refractivity contribution >= 4 is 70.1 Å². The molecule has 11 rings (SSSR count). The van der Waals surface area contributed by atoms with Gasteiger partial charge in [0.25, 0.3) is 0 Å². The third-order valence-corrected chi connectivity index (χ3v) is 13.3. The van der Waals surface area contributed by atoms with E-state index in [4.69, 9.17) is 4.98 Å². The zero-order chi connectivity index (χ0) is 35.6. The molecule has 0 amide bonds. The van der Waals surface area contributed by atoms with Gasteiger partial charge in [-0.2, -0.15) is 0 Å². The van der Waals surface area contributed by atoms with Gasteiger partial charge < -0.3 is 4.90 Å². The van der Waals surface area contributed by atoms with Crippen molar-refractivity contribution in [2.45, 2.75) is 5.41 Å². The molecule has 254 valence electrons. The molecule has 1 aliphatic rings. The molecule has 0 N–H and O–H groups in total. The fraction of sp³-hybridized carbons (Fsp3) is 0.0200. The second-order valence-corrected chi connectivity index (χ2v) is 16.0. The summed E-state index contributed by atoms with van der Waals surface area (Å²) < 4.78 is 3.73. The molecule has 0 atom stereocenters. The van der Waals surface area contributed by atoms with E-state index in [9.17, 15) is 0 Å². The Bertz CT molecular complexity index is 2960. The number of thiazole rings is 1. The van der Waals surface area contributed by atoms with Gasteiger partial charge in [0.2, 0.25) is 0 Å². The Morgan fingerprint density at radius 3 is 1.87 bits per heavy atom. The minimum Gasteiger partial charge on any atom is -0.309 e. The Morgan fingerprint density at radius 2 is 1.07 bits per heavy atom. The van der Waals surface area contributed by atoms with E-state index in [1.54, 1.807) is 11.3 Å². The second-order valence-electron chi connectivity index (χ2n) is 13.9. The minimum atomic E-state index is -0.494. The van der Waals surface area contributed by atoms with Gasteiger partial charge >= 0.3 is 0 Å². The summed E-state index contributed by atoms with van der Waals surface area (Å²) >= 11 is 3.62. The number of nitrogens with zero attached hydrogens (tertiary/aromatic N) is 2. The Labute approximate surface area is 321 Å². The molecule has 0 radical (unpaired) electrons. The van der Waals surface area contributed by atoms with Gasteiger partial charge in [-0.05, 0) is 75.8 Å². The van der Waals surface area contributed by atoms with Gasteiger partial charge in [-0.25, -0.2) is 4.98 Å². The lowest BCUT2D eigenvalue weighted by atomic mass is 9.67. The monoisotopic (exact) mass is 724 g/mol. The maximum Gasteiger partial charge on any atom is 0.124 e. The first-order valence-electron chi connectivity index (χ1n) is 18.3. The summed E-state index contributed by atoms with van der Waals surface area (Å²) in [6.07, 6.45) is 0. The van der Waals surface area contributed by atoms with Crippen LogP contribution >= 0.6 is 22.7 Å². The highest BCUT2D eigenvalue weighted by molar-refractivity contribution is 7.26. The van der Waals surface area contributed by atoms with Crippen molar-refractivity contribution in [3.63, 3.8) is 0 Å². The van der Waals surface area contributed by atoms with Gasteiger partial charge in [0, 0.05) is 32.4 Å². The van der Waals surface area contributed by atoms with Crippen molar-refractivity contribution in [2.24, 2.45) is 0 Å². The molecule has 0 saturated heterocycles. The van der Waals surface area contributed by atoms with Gasteiger partial charge in [0.1, 0.15) is 5.01 Å². The molecule has 1 aliphatic carbocycles. The average Bonchev–Trinajstić information content (AvgIpc) is 3.93. The van der Waals surface area contributed by atoms with Crippen LogP contribution in [0.4, 0.5) is 17.1 Å². The normalized spacial score (nSPS) is 13.0. The number of aromatic nitrogens is 1. The van der Waals surface area contributed by atoms with E-state index in [-0.39, 0.29) is 0 Å². The van der Waals surface area contributed by atoms with Crippen molar-refractivity contribution in [3.05, 3.63) is 216 Å². The molecule has 0 aliphatic heterocycles. The fourth-order valence-electron chi connectivity index (χ4n) is 8.66. The zero-order valence-corrected chi connectivity index (χ0v) is 30.8. The SMILES string of the molecule is c1ccc(-c2nc3ccc(N(c4ccc5c(c4)C(c4ccccc4)(c4ccccc4)c4ccccc4-5)c4cccc5c4sc4ccccc45)cc3s2)cc1. The summed E-state index contributed by atoms with van der Waals surface area (Å²) in [5.41, 5.74) is 12.7. The highest BCUT2D eigenvalue weighted by Crippen LogP contribution is 2.57. The van der Waals surface area contributed by atoms with Crippen molar-refractivity contribution < 1.29 is 0 Å². The fourth-order valence-corrected chi connectivity index (χ4v) is 10.9. The number of hydrogen-bond donors (Lipinski definition) is 0. The van der Waals surface area contributed by atoms with Crippen LogP contribution in [0.2, 0.25) is 0 Å². The first-order valence-corrected chi connectivity index (χ1v) is 19.9. The van der Waals surface area contributed by atoms with Crippen LogP contribution in [0.1, 0.15) is 22.3 Å². The maximum atomic E-state index is 5.07. The average molecular weight is 725 g/mol. The lowest BCUT2D eigenvalue weighted by molar-refractivity contribution is 0.768. The molecule has 2 nitrogen and oxygen atoms in total. The standard InChI is InChI=1S/C50H32N2S2/c1-4-15-33(16-5-1)49-51-44-30-28-37(32-47(44)54-49)52(45-25-14-23-41-40-22-11-13-26-46(40)53-48(41)45)36-27-29-39-38-21-10-12-24-42(38)50(43(39)31-36,34-17-6-2-7-18-34)35-19-8-3-9-20-35/h1-32H. The highest BCUT2D eigenvalue weighted by Gasteiger charge is 2.46. The summed E-state index contributed by atoms with van der Waals surface area (Å²) in [4.78, 5) is 7.54. The number of thiophene rings is 1. The maximum absolute atomic E-state index is 5.07. The Morgan fingerprint density at radius 1 is 0.444 bits per heavy atom. The predicted octanol–water partition coefficient (Wildman–Crippen LogP) is 14.2. The summed E-state index contributed by atoms with van der Waals surface area (Å²) in [7, 11) is 0. The first kappa shape index (κ1) is 31.2. The summed E-state index contributed by atoms with van der Waals surface area (Å²) in [5, 5.41) is 3.60. The van der Waals surface area contributed by atoms with Gasteiger partial charge in [0.05, 0.1) is 26.0 Å². The second kappa shape index (κ2) is 12.4. The van der Waals surface area contributed by atoms with Crippen LogP contribution < -0.4 is 4.90 Å². The first-order chi connectivity index (χ1) is 26.8. The Balaban J connectivity index is 1.19. The summed E-state index contributed by atoms with van der Waals surface area (Å²) in [6.45, 7) is 0. The van der Waals surface area contributed by atoms with Crippen LogP contribution in [0.15, 0.2) is 194 Å².